The number of hydrogen-bond acceptors (Lipinski definition) is 8. The number of aliphatic hydroxyl groups excluding tert-OH is 1. The van der Waals surface area contributed by atoms with E-state index in [1.54, 1.807) is 18.2 Å². The van der Waals surface area contributed by atoms with Crippen LogP contribution in [0.25, 0.3) is 0 Å². The first kappa shape index (κ1) is 21.2. The third kappa shape index (κ3) is 4.92. The van der Waals surface area contributed by atoms with Gasteiger partial charge in [-0.15, -0.1) is 0 Å². The number of sulfone groups is 1. The van der Waals surface area contributed by atoms with Crippen molar-refractivity contribution in [3.8, 4) is 11.5 Å². The number of ether oxygens (including phenoxy) is 2. The first-order chi connectivity index (χ1) is 13.6. The molecular weight excluding hydrogens is 420 g/mol. The lowest BCUT2D eigenvalue weighted by atomic mass is 10.2. The van der Waals surface area contributed by atoms with E-state index in [2.05, 4.69) is 10.0 Å². The molecule has 1 fully saturated rings. The number of sulfonamides is 1. The maximum Gasteiger partial charge on any atom is 0.265 e. The number of methoxy groups -OCH3 is 2. The second-order valence-corrected chi connectivity index (χ2v) is 10.4. The Morgan fingerprint density at radius 2 is 1.66 bits per heavy atom. The Kier molecular flexibility index (Phi) is 5.92. The molecular formula is C18H22N2O7S2. The van der Waals surface area contributed by atoms with E-state index in [-0.39, 0.29) is 22.2 Å². The van der Waals surface area contributed by atoms with Crippen molar-refractivity contribution in [1.29, 1.82) is 0 Å². The van der Waals surface area contributed by atoms with Gasteiger partial charge in [0.2, 0.25) is 0 Å². The summed E-state index contributed by atoms with van der Waals surface area (Å²) < 4.78 is 61.4. The van der Waals surface area contributed by atoms with Crippen LogP contribution in [0.1, 0.15) is 0 Å². The largest absolute Gasteiger partial charge is 0.497 e. The van der Waals surface area contributed by atoms with Gasteiger partial charge < -0.3 is 19.9 Å². The van der Waals surface area contributed by atoms with Gasteiger partial charge in [-0.1, -0.05) is 0 Å². The standard InChI is InChI=1S/C18H22N2O7S2/c1-26-14-7-8-17(27-2)18(9-14)29(24,25)20-13-5-3-12(4-6-13)19-15-10-28(22,23)11-16(15)21/h3-9,15-16,19-21H,10-11H2,1-2H3/t15-,16-/m1/s1. The molecule has 29 heavy (non-hydrogen) atoms. The average molecular weight is 443 g/mol. The molecule has 9 nitrogen and oxygen atoms in total. The number of nitrogens with one attached hydrogen (secondary N) is 2. The van der Waals surface area contributed by atoms with Crippen LogP contribution in [0, 0.1) is 0 Å². The van der Waals surface area contributed by atoms with Gasteiger partial charge in [0.15, 0.2) is 9.84 Å². The topological polar surface area (TPSA) is 131 Å². The summed E-state index contributed by atoms with van der Waals surface area (Å²) in [4.78, 5) is -0.0687. The van der Waals surface area contributed by atoms with Crippen LogP contribution in [0.5, 0.6) is 11.5 Å². The fourth-order valence-corrected chi connectivity index (χ4v) is 6.00. The van der Waals surface area contributed by atoms with E-state index < -0.39 is 32.0 Å². The Hall–Kier alpha value is -2.50. The van der Waals surface area contributed by atoms with Crippen molar-refractivity contribution < 1.29 is 31.4 Å². The lowest BCUT2D eigenvalue weighted by Crippen LogP contribution is -2.31. The first-order valence-electron chi connectivity index (χ1n) is 8.63. The molecule has 0 spiro atoms. The molecule has 0 bridgehead atoms. The normalized spacial score (nSPS) is 20.8. The summed E-state index contributed by atoms with van der Waals surface area (Å²) in [5.74, 6) is 0.118. The minimum Gasteiger partial charge on any atom is -0.497 e. The van der Waals surface area contributed by atoms with E-state index in [0.717, 1.165) is 0 Å². The number of rotatable bonds is 7. The molecule has 1 aliphatic heterocycles. The van der Waals surface area contributed by atoms with Gasteiger partial charge in [0.05, 0.1) is 37.9 Å². The summed E-state index contributed by atoms with van der Waals surface area (Å²) >= 11 is 0. The highest BCUT2D eigenvalue weighted by molar-refractivity contribution is 7.93. The Morgan fingerprint density at radius 3 is 2.21 bits per heavy atom. The molecule has 0 unspecified atom stereocenters. The second-order valence-electron chi connectivity index (χ2n) is 6.59. The minimum atomic E-state index is -3.94. The minimum absolute atomic E-state index is 0.0687. The third-order valence-electron chi connectivity index (χ3n) is 4.47. The average Bonchev–Trinajstić information content (AvgIpc) is 2.93. The molecule has 1 heterocycles. The zero-order chi connectivity index (χ0) is 21.2. The van der Waals surface area contributed by atoms with Crippen molar-refractivity contribution >= 4 is 31.2 Å². The van der Waals surface area contributed by atoms with Crippen LogP contribution < -0.4 is 19.5 Å². The molecule has 0 saturated carbocycles. The van der Waals surface area contributed by atoms with Crippen LogP contribution in [0.4, 0.5) is 11.4 Å². The second kappa shape index (κ2) is 8.09. The molecule has 3 N–H and O–H groups in total. The van der Waals surface area contributed by atoms with E-state index in [1.165, 1.54) is 38.5 Å². The van der Waals surface area contributed by atoms with Crippen molar-refractivity contribution in [2.75, 3.05) is 35.8 Å². The third-order valence-corrected chi connectivity index (χ3v) is 7.59. The summed E-state index contributed by atoms with van der Waals surface area (Å²) in [5.41, 5.74) is 0.869. The molecule has 1 saturated heterocycles. The van der Waals surface area contributed by atoms with Gasteiger partial charge in [-0.05, 0) is 36.4 Å². The summed E-state index contributed by atoms with van der Waals surface area (Å²) in [5, 5.41) is 12.8. The van der Waals surface area contributed by atoms with Gasteiger partial charge in [0.25, 0.3) is 10.0 Å². The van der Waals surface area contributed by atoms with Gasteiger partial charge in [-0.2, -0.15) is 0 Å². The highest BCUT2D eigenvalue weighted by Crippen LogP contribution is 2.30. The van der Waals surface area contributed by atoms with Crippen LogP contribution >= 0.6 is 0 Å². The molecule has 11 heteroatoms. The van der Waals surface area contributed by atoms with Crippen LogP contribution in [0.2, 0.25) is 0 Å². The zero-order valence-corrected chi connectivity index (χ0v) is 17.5. The number of anilines is 2. The fourth-order valence-electron chi connectivity index (χ4n) is 3.02. The molecule has 2 aromatic carbocycles. The summed E-state index contributed by atoms with van der Waals surface area (Å²) in [6.45, 7) is 0. The van der Waals surface area contributed by atoms with E-state index in [4.69, 9.17) is 9.47 Å². The van der Waals surface area contributed by atoms with Crippen LogP contribution in [0.3, 0.4) is 0 Å². The van der Waals surface area contributed by atoms with Gasteiger partial charge in [-0.3, -0.25) is 4.72 Å². The summed E-state index contributed by atoms with van der Waals surface area (Å²) in [6.07, 6.45) is -0.987. The van der Waals surface area contributed by atoms with E-state index in [0.29, 0.717) is 17.1 Å². The molecule has 0 aliphatic carbocycles. The molecule has 2 atom stereocenters. The summed E-state index contributed by atoms with van der Waals surface area (Å²) in [7, 11) is -4.40. The van der Waals surface area contributed by atoms with Crippen LogP contribution in [0.15, 0.2) is 47.4 Å². The van der Waals surface area contributed by atoms with E-state index >= 15 is 0 Å². The maximum absolute atomic E-state index is 12.8. The van der Waals surface area contributed by atoms with E-state index in [9.17, 15) is 21.9 Å². The lowest BCUT2D eigenvalue weighted by Gasteiger charge is -2.17. The predicted octanol–water partition coefficient (Wildman–Crippen LogP) is 1.07. The SMILES string of the molecule is COc1ccc(OC)c(S(=O)(=O)Nc2ccc(N[C@@H]3CS(=O)(=O)C[C@H]3O)cc2)c1. The zero-order valence-electron chi connectivity index (χ0n) is 15.8. The van der Waals surface area contributed by atoms with Crippen molar-refractivity contribution in [3.63, 3.8) is 0 Å². The Labute approximate surface area is 169 Å². The Balaban J connectivity index is 1.76. The summed E-state index contributed by atoms with van der Waals surface area (Å²) in [6, 6.07) is 10.1. The number of aliphatic hydroxyl groups is 1. The van der Waals surface area contributed by atoms with Crippen LogP contribution in [-0.2, 0) is 19.9 Å². The highest BCUT2D eigenvalue weighted by atomic mass is 32.2. The number of benzene rings is 2. The van der Waals surface area contributed by atoms with Gasteiger partial charge >= 0.3 is 0 Å². The van der Waals surface area contributed by atoms with Gasteiger partial charge in [-0.25, -0.2) is 16.8 Å². The molecule has 0 radical (unpaired) electrons. The quantitative estimate of drug-likeness (QED) is 0.580. The van der Waals surface area contributed by atoms with Crippen molar-refractivity contribution in [2.45, 2.75) is 17.0 Å². The monoisotopic (exact) mass is 442 g/mol. The molecule has 1 aliphatic rings. The molecule has 2 aromatic rings. The first-order valence-corrected chi connectivity index (χ1v) is 11.9. The van der Waals surface area contributed by atoms with Crippen LogP contribution in [-0.4, -0.2) is 59.8 Å². The molecule has 3 rings (SSSR count). The molecule has 0 amide bonds. The molecule has 0 aromatic heterocycles. The maximum atomic E-state index is 12.8. The smallest absolute Gasteiger partial charge is 0.265 e. The van der Waals surface area contributed by atoms with Crippen molar-refractivity contribution in [2.24, 2.45) is 0 Å². The van der Waals surface area contributed by atoms with Gasteiger partial charge in [0.1, 0.15) is 16.4 Å². The molecule has 158 valence electrons. The van der Waals surface area contributed by atoms with Crippen molar-refractivity contribution in [1.82, 2.24) is 0 Å². The fraction of sp³-hybridized carbons (Fsp3) is 0.333. The van der Waals surface area contributed by atoms with Crippen molar-refractivity contribution in [3.05, 3.63) is 42.5 Å². The Morgan fingerprint density at radius 1 is 1.00 bits per heavy atom. The Bertz CT molecular complexity index is 1080. The van der Waals surface area contributed by atoms with Gasteiger partial charge in [0, 0.05) is 17.4 Å². The van der Waals surface area contributed by atoms with E-state index in [1.807, 2.05) is 0 Å². The lowest BCUT2D eigenvalue weighted by molar-refractivity contribution is 0.190. The number of hydrogen-bond donors (Lipinski definition) is 3. The highest BCUT2D eigenvalue weighted by Gasteiger charge is 2.36. The predicted molar refractivity (Wildman–Crippen MR) is 109 cm³/mol.